The first-order valence-electron chi connectivity index (χ1n) is 9.45. The maximum Gasteiger partial charge on any atom is 0.417 e. The SMILES string of the molecule is Cc1cnc(N2NNC3=C2C=CN(C(=O)c2cccc(C(F)(F)F)c2Cl)C3C)c(C)c1. The summed E-state index contributed by atoms with van der Waals surface area (Å²) in [6, 6.07) is 4.84. The number of hydrogen-bond acceptors (Lipinski definition) is 5. The number of carbonyl (C=O) groups is 1. The number of hydrogen-bond donors (Lipinski definition) is 2. The van der Waals surface area contributed by atoms with Crippen molar-refractivity contribution in [1.82, 2.24) is 20.8 Å². The zero-order valence-electron chi connectivity index (χ0n) is 16.9. The third-order valence-corrected chi connectivity index (χ3v) is 5.62. The summed E-state index contributed by atoms with van der Waals surface area (Å²) in [5.41, 5.74) is 8.24. The van der Waals surface area contributed by atoms with Crippen molar-refractivity contribution in [2.75, 3.05) is 5.01 Å². The molecule has 1 aromatic heterocycles. The fraction of sp³-hybridized carbons (Fsp3) is 0.238. The fourth-order valence-corrected chi connectivity index (χ4v) is 3.98. The van der Waals surface area contributed by atoms with Crippen molar-refractivity contribution in [3.05, 3.63) is 81.4 Å². The lowest BCUT2D eigenvalue weighted by molar-refractivity contribution is -0.137. The molecule has 0 spiro atoms. The molecule has 1 amide bonds. The molecule has 2 aliphatic rings. The molecule has 0 radical (unpaired) electrons. The number of halogens is 4. The van der Waals surface area contributed by atoms with Gasteiger partial charge in [-0.05, 0) is 50.1 Å². The van der Waals surface area contributed by atoms with E-state index in [4.69, 9.17) is 11.6 Å². The van der Waals surface area contributed by atoms with E-state index in [1.54, 1.807) is 24.2 Å². The Labute approximate surface area is 181 Å². The van der Waals surface area contributed by atoms with Crippen LogP contribution in [0.3, 0.4) is 0 Å². The van der Waals surface area contributed by atoms with Crippen LogP contribution < -0.4 is 16.0 Å². The van der Waals surface area contributed by atoms with Crippen LogP contribution in [-0.2, 0) is 6.18 Å². The van der Waals surface area contributed by atoms with Crippen LogP contribution in [0.25, 0.3) is 0 Å². The number of amides is 1. The highest BCUT2D eigenvalue weighted by atomic mass is 35.5. The summed E-state index contributed by atoms with van der Waals surface area (Å²) < 4.78 is 39.6. The van der Waals surface area contributed by atoms with Crippen molar-refractivity contribution >= 4 is 23.3 Å². The zero-order chi connectivity index (χ0) is 22.5. The topological polar surface area (TPSA) is 60.5 Å². The Hall–Kier alpha value is -3.04. The molecule has 3 heterocycles. The number of benzene rings is 1. The van der Waals surface area contributed by atoms with Crippen LogP contribution in [0.2, 0.25) is 5.02 Å². The molecule has 1 aromatic carbocycles. The number of nitrogens with one attached hydrogen (secondary N) is 2. The molecule has 2 aliphatic heterocycles. The van der Waals surface area contributed by atoms with E-state index in [1.165, 1.54) is 23.2 Å². The first kappa shape index (κ1) is 21.2. The van der Waals surface area contributed by atoms with Crippen LogP contribution in [-0.4, -0.2) is 21.8 Å². The van der Waals surface area contributed by atoms with E-state index in [0.29, 0.717) is 11.5 Å². The Morgan fingerprint density at radius 1 is 1.26 bits per heavy atom. The number of hydrazine groups is 2. The van der Waals surface area contributed by atoms with Crippen molar-refractivity contribution in [3.63, 3.8) is 0 Å². The fourth-order valence-electron chi connectivity index (χ4n) is 3.67. The summed E-state index contributed by atoms with van der Waals surface area (Å²) in [7, 11) is 0. The molecule has 0 fully saturated rings. The largest absolute Gasteiger partial charge is 0.417 e. The molecule has 31 heavy (non-hydrogen) atoms. The number of pyridine rings is 1. The Morgan fingerprint density at radius 2 is 2.00 bits per heavy atom. The van der Waals surface area contributed by atoms with Crippen molar-refractivity contribution in [1.29, 1.82) is 0 Å². The maximum atomic E-state index is 13.2. The van der Waals surface area contributed by atoms with Gasteiger partial charge in [0.25, 0.3) is 5.91 Å². The Morgan fingerprint density at radius 3 is 2.68 bits per heavy atom. The van der Waals surface area contributed by atoms with Gasteiger partial charge in [0.1, 0.15) is 0 Å². The molecule has 162 valence electrons. The minimum absolute atomic E-state index is 0.212. The number of carbonyl (C=O) groups excluding carboxylic acids is 1. The van der Waals surface area contributed by atoms with Crippen LogP contribution >= 0.6 is 11.6 Å². The average Bonchev–Trinajstić information content (AvgIpc) is 3.12. The molecule has 2 aromatic rings. The summed E-state index contributed by atoms with van der Waals surface area (Å²) in [6.07, 6.45) is 0.336. The van der Waals surface area contributed by atoms with E-state index in [9.17, 15) is 18.0 Å². The molecular formula is C21H19ClF3N5O. The zero-order valence-corrected chi connectivity index (χ0v) is 17.6. The normalized spacial score (nSPS) is 18.4. The first-order valence-corrected chi connectivity index (χ1v) is 9.83. The average molecular weight is 450 g/mol. The second kappa shape index (κ2) is 7.58. The number of nitrogens with zero attached hydrogens (tertiary/aromatic N) is 3. The molecule has 10 heteroatoms. The van der Waals surface area contributed by atoms with E-state index in [-0.39, 0.29) is 5.56 Å². The van der Waals surface area contributed by atoms with E-state index in [0.717, 1.165) is 22.9 Å². The van der Waals surface area contributed by atoms with Crippen molar-refractivity contribution in [2.24, 2.45) is 0 Å². The number of anilines is 1. The molecule has 1 atom stereocenters. The number of allylic oxidation sites excluding steroid dienone is 1. The van der Waals surface area contributed by atoms with Crippen LogP contribution in [0.5, 0.6) is 0 Å². The molecule has 2 N–H and O–H groups in total. The summed E-state index contributed by atoms with van der Waals surface area (Å²) >= 11 is 5.95. The quantitative estimate of drug-likeness (QED) is 0.708. The third-order valence-electron chi connectivity index (χ3n) is 5.22. The van der Waals surface area contributed by atoms with Gasteiger partial charge in [-0.2, -0.15) is 13.2 Å². The third kappa shape index (κ3) is 3.64. The molecule has 6 nitrogen and oxygen atoms in total. The van der Waals surface area contributed by atoms with Crippen LogP contribution in [0.15, 0.2) is 54.1 Å². The van der Waals surface area contributed by atoms with Crippen LogP contribution in [0.1, 0.15) is 34.0 Å². The van der Waals surface area contributed by atoms with E-state index < -0.39 is 28.7 Å². The first-order chi connectivity index (χ1) is 14.6. The smallest absolute Gasteiger partial charge is 0.306 e. The predicted octanol–water partition coefficient (Wildman–Crippen LogP) is 4.47. The molecule has 0 bridgehead atoms. The van der Waals surface area contributed by atoms with Crippen LogP contribution in [0, 0.1) is 13.8 Å². The minimum Gasteiger partial charge on any atom is -0.306 e. The molecular weight excluding hydrogens is 431 g/mol. The predicted molar refractivity (Wildman–Crippen MR) is 111 cm³/mol. The van der Waals surface area contributed by atoms with Crippen molar-refractivity contribution in [3.8, 4) is 0 Å². The molecule has 0 saturated carbocycles. The van der Waals surface area contributed by atoms with Crippen LogP contribution in [0.4, 0.5) is 19.0 Å². The van der Waals surface area contributed by atoms with E-state index in [1.807, 2.05) is 19.9 Å². The van der Waals surface area contributed by atoms with Gasteiger partial charge in [0.15, 0.2) is 5.82 Å². The summed E-state index contributed by atoms with van der Waals surface area (Å²) in [5, 5.41) is 1.15. The molecule has 1 unspecified atom stereocenters. The number of aromatic nitrogens is 1. The Balaban J connectivity index is 1.64. The highest BCUT2D eigenvalue weighted by Crippen LogP contribution is 2.37. The number of alkyl halides is 3. The Kier molecular flexibility index (Phi) is 5.18. The lowest BCUT2D eigenvalue weighted by atomic mass is 10.0. The van der Waals surface area contributed by atoms with Gasteiger partial charge in [0, 0.05) is 12.4 Å². The van der Waals surface area contributed by atoms with Crippen molar-refractivity contribution < 1.29 is 18.0 Å². The van der Waals surface area contributed by atoms with Crippen molar-refractivity contribution in [2.45, 2.75) is 33.0 Å². The van der Waals surface area contributed by atoms with Gasteiger partial charge in [-0.15, -0.1) is 5.53 Å². The lowest BCUT2D eigenvalue weighted by Crippen LogP contribution is -2.42. The molecule has 0 aliphatic carbocycles. The standard InChI is InChI=1S/C21H19ClF3N5O/c1-11-9-12(2)19(26-10-11)30-16-7-8-29(13(3)18(16)27-28-30)20(31)14-5-4-6-15(17(14)22)21(23,24)25/h4-10,13,27-28H,1-3H3. The van der Waals surface area contributed by atoms with Gasteiger partial charge < -0.3 is 10.3 Å². The maximum absolute atomic E-state index is 13.2. The summed E-state index contributed by atoms with van der Waals surface area (Å²) in [4.78, 5) is 18.9. The number of rotatable bonds is 2. The monoisotopic (exact) mass is 449 g/mol. The van der Waals surface area contributed by atoms with E-state index >= 15 is 0 Å². The number of aryl methyl sites for hydroxylation is 2. The van der Waals surface area contributed by atoms with Gasteiger partial charge >= 0.3 is 6.18 Å². The van der Waals surface area contributed by atoms with Gasteiger partial charge in [-0.25, -0.2) is 9.99 Å². The Bertz CT molecular complexity index is 1130. The summed E-state index contributed by atoms with van der Waals surface area (Å²) in [6.45, 7) is 5.66. The molecule has 4 rings (SSSR count). The lowest BCUT2D eigenvalue weighted by Gasteiger charge is -2.30. The highest BCUT2D eigenvalue weighted by Gasteiger charge is 2.38. The van der Waals surface area contributed by atoms with Gasteiger partial charge in [0.05, 0.1) is 33.6 Å². The van der Waals surface area contributed by atoms with Gasteiger partial charge in [0.2, 0.25) is 0 Å². The second-order valence-corrected chi connectivity index (χ2v) is 7.77. The second-order valence-electron chi connectivity index (χ2n) is 7.39. The van der Waals surface area contributed by atoms with E-state index in [2.05, 4.69) is 15.9 Å². The molecule has 0 saturated heterocycles. The highest BCUT2D eigenvalue weighted by molar-refractivity contribution is 6.34. The van der Waals surface area contributed by atoms with Gasteiger partial charge in [-0.3, -0.25) is 4.79 Å². The van der Waals surface area contributed by atoms with Gasteiger partial charge in [-0.1, -0.05) is 23.7 Å². The summed E-state index contributed by atoms with van der Waals surface area (Å²) in [5.74, 6) is 0.0666. The minimum atomic E-state index is -4.65.